The molecule has 17 heavy (non-hydrogen) atoms. The lowest BCUT2D eigenvalue weighted by molar-refractivity contribution is -0.127. The lowest BCUT2D eigenvalue weighted by atomic mass is 9.95. The number of hydrogen-bond acceptors (Lipinski definition) is 3. The number of carbonyl (C=O) groups excluding carboxylic acids is 2. The summed E-state index contributed by atoms with van der Waals surface area (Å²) in [5.74, 6) is -0.000935. The average molecular weight is 243 g/mol. The second-order valence-electron chi connectivity index (χ2n) is 4.82. The summed E-state index contributed by atoms with van der Waals surface area (Å²) in [5, 5.41) is 5.51. The minimum atomic E-state index is -0.157. The number of amides is 2. The van der Waals surface area contributed by atoms with Gasteiger partial charge in [0.25, 0.3) is 0 Å². The van der Waals surface area contributed by atoms with Gasteiger partial charge in [-0.05, 0) is 5.92 Å². The molecule has 0 bridgehead atoms. The van der Waals surface area contributed by atoms with Crippen LogP contribution < -0.4 is 16.4 Å². The molecule has 0 aromatic carbocycles. The second-order valence-corrected chi connectivity index (χ2v) is 4.82. The number of hydrogen-bond donors (Lipinski definition) is 3. The SMILES string of the molecule is CC(C)C(=O)NCCNC(=O)C(CN)C(C)C. The molecule has 2 amide bonds. The number of rotatable bonds is 7. The molecule has 0 aliphatic heterocycles. The first kappa shape index (κ1) is 15.9. The molecule has 0 aliphatic carbocycles. The molecule has 0 aromatic heterocycles. The highest BCUT2D eigenvalue weighted by molar-refractivity contribution is 5.79. The van der Waals surface area contributed by atoms with Gasteiger partial charge in [0.15, 0.2) is 0 Å². The molecular weight excluding hydrogens is 218 g/mol. The lowest BCUT2D eigenvalue weighted by Gasteiger charge is -2.18. The molecule has 0 rings (SSSR count). The van der Waals surface area contributed by atoms with Crippen molar-refractivity contribution in [3.63, 3.8) is 0 Å². The quantitative estimate of drug-likeness (QED) is 0.555. The van der Waals surface area contributed by atoms with Gasteiger partial charge in [-0.15, -0.1) is 0 Å². The van der Waals surface area contributed by atoms with Gasteiger partial charge in [0.2, 0.25) is 11.8 Å². The molecule has 0 fully saturated rings. The van der Waals surface area contributed by atoms with E-state index in [1.165, 1.54) is 0 Å². The molecule has 0 saturated heterocycles. The summed E-state index contributed by atoms with van der Waals surface area (Å²) in [6.07, 6.45) is 0. The predicted molar refractivity (Wildman–Crippen MR) is 68.2 cm³/mol. The Kier molecular flexibility index (Phi) is 7.54. The number of nitrogens with one attached hydrogen (secondary N) is 2. The van der Waals surface area contributed by atoms with Gasteiger partial charge in [-0.1, -0.05) is 27.7 Å². The number of carbonyl (C=O) groups is 2. The van der Waals surface area contributed by atoms with E-state index in [2.05, 4.69) is 10.6 Å². The molecule has 0 saturated carbocycles. The van der Waals surface area contributed by atoms with Gasteiger partial charge < -0.3 is 16.4 Å². The normalized spacial score (nSPS) is 12.6. The highest BCUT2D eigenvalue weighted by atomic mass is 16.2. The van der Waals surface area contributed by atoms with E-state index in [1.54, 1.807) is 0 Å². The zero-order valence-corrected chi connectivity index (χ0v) is 11.2. The smallest absolute Gasteiger partial charge is 0.224 e. The van der Waals surface area contributed by atoms with Crippen molar-refractivity contribution in [1.29, 1.82) is 0 Å². The third-order valence-electron chi connectivity index (χ3n) is 2.64. The maximum Gasteiger partial charge on any atom is 0.224 e. The standard InChI is InChI=1S/C12H25N3O2/c1-8(2)10(7-13)12(17)15-6-5-14-11(16)9(3)4/h8-10H,5-7,13H2,1-4H3,(H,14,16)(H,15,17). The Balaban J connectivity index is 3.82. The summed E-state index contributed by atoms with van der Waals surface area (Å²) in [6.45, 7) is 8.85. The first-order valence-corrected chi connectivity index (χ1v) is 6.15. The van der Waals surface area contributed by atoms with E-state index in [1.807, 2.05) is 27.7 Å². The van der Waals surface area contributed by atoms with Crippen LogP contribution in [-0.4, -0.2) is 31.4 Å². The van der Waals surface area contributed by atoms with Gasteiger partial charge >= 0.3 is 0 Å². The molecule has 1 unspecified atom stereocenters. The third kappa shape index (κ3) is 6.26. The highest BCUT2D eigenvalue weighted by Gasteiger charge is 2.19. The van der Waals surface area contributed by atoms with Crippen molar-refractivity contribution in [3.05, 3.63) is 0 Å². The Morgan fingerprint density at radius 3 is 1.82 bits per heavy atom. The Morgan fingerprint density at radius 2 is 1.47 bits per heavy atom. The molecule has 0 heterocycles. The first-order chi connectivity index (χ1) is 7.90. The Morgan fingerprint density at radius 1 is 1.00 bits per heavy atom. The maximum absolute atomic E-state index is 11.7. The summed E-state index contributed by atoms with van der Waals surface area (Å²) in [5.41, 5.74) is 5.54. The monoisotopic (exact) mass is 243 g/mol. The highest BCUT2D eigenvalue weighted by Crippen LogP contribution is 2.08. The van der Waals surface area contributed by atoms with Crippen molar-refractivity contribution in [1.82, 2.24) is 10.6 Å². The Hall–Kier alpha value is -1.10. The van der Waals surface area contributed by atoms with Crippen LogP contribution in [0.4, 0.5) is 0 Å². The van der Waals surface area contributed by atoms with E-state index in [0.717, 1.165) is 0 Å². The molecule has 0 radical (unpaired) electrons. The van der Waals surface area contributed by atoms with Crippen LogP contribution in [0.5, 0.6) is 0 Å². The summed E-state index contributed by atoms with van der Waals surface area (Å²) in [6, 6.07) is 0. The van der Waals surface area contributed by atoms with Crippen molar-refractivity contribution >= 4 is 11.8 Å². The molecule has 0 aliphatic rings. The van der Waals surface area contributed by atoms with Crippen LogP contribution in [0.1, 0.15) is 27.7 Å². The van der Waals surface area contributed by atoms with Crippen molar-refractivity contribution in [2.75, 3.05) is 19.6 Å². The first-order valence-electron chi connectivity index (χ1n) is 6.15. The van der Waals surface area contributed by atoms with E-state index < -0.39 is 0 Å². The summed E-state index contributed by atoms with van der Waals surface area (Å²) in [4.78, 5) is 22.9. The molecular formula is C12H25N3O2. The van der Waals surface area contributed by atoms with Crippen LogP contribution >= 0.6 is 0 Å². The van der Waals surface area contributed by atoms with E-state index in [0.29, 0.717) is 19.6 Å². The molecule has 0 aromatic rings. The molecule has 1 atom stereocenters. The van der Waals surface area contributed by atoms with E-state index >= 15 is 0 Å². The second kappa shape index (κ2) is 8.06. The van der Waals surface area contributed by atoms with Crippen LogP contribution in [0, 0.1) is 17.8 Å². The van der Waals surface area contributed by atoms with Crippen LogP contribution in [0.15, 0.2) is 0 Å². The van der Waals surface area contributed by atoms with Gasteiger partial charge in [-0.2, -0.15) is 0 Å². The molecule has 5 nitrogen and oxygen atoms in total. The van der Waals surface area contributed by atoms with Gasteiger partial charge in [-0.3, -0.25) is 9.59 Å². The van der Waals surface area contributed by atoms with Crippen LogP contribution in [0.3, 0.4) is 0 Å². The number of nitrogens with two attached hydrogens (primary N) is 1. The van der Waals surface area contributed by atoms with Gasteiger partial charge in [-0.25, -0.2) is 0 Å². The average Bonchev–Trinajstić information content (AvgIpc) is 2.24. The molecule has 4 N–H and O–H groups in total. The topological polar surface area (TPSA) is 84.2 Å². The lowest BCUT2D eigenvalue weighted by Crippen LogP contribution is -2.42. The van der Waals surface area contributed by atoms with Gasteiger partial charge in [0, 0.05) is 25.6 Å². The van der Waals surface area contributed by atoms with E-state index in [4.69, 9.17) is 5.73 Å². The van der Waals surface area contributed by atoms with Crippen molar-refractivity contribution in [3.8, 4) is 0 Å². The predicted octanol–water partition coefficient (Wildman–Crippen LogP) is 0.106. The van der Waals surface area contributed by atoms with E-state index in [9.17, 15) is 9.59 Å². The summed E-state index contributed by atoms with van der Waals surface area (Å²) < 4.78 is 0. The minimum Gasteiger partial charge on any atom is -0.354 e. The fourth-order valence-corrected chi connectivity index (χ4v) is 1.39. The van der Waals surface area contributed by atoms with Gasteiger partial charge in [0.05, 0.1) is 5.92 Å². The molecule has 5 heteroatoms. The zero-order valence-electron chi connectivity index (χ0n) is 11.2. The maximum atomic E-state index is 11.7. The molecule has 100 valence electrons. The van der Waals surface area contributed by atoms with Gasteiger partial charge in [0.1, 0.15) is 0 Å². The van der Waals surface area contributed by atoms with Crippen molar-refractivity contribution in [2.45, 2.75) is 27.7 Å². The van der Waals surface area contributed by atoms with Crippen LogP contribution in [0.2, 0.25) is 0 Å². The Labute approximate surface area is 104 Å². The molecule has 0 spiro atoms. The third-order valence-corrected chi connectivity index (χ3v) is 2.64. The Bertz CT molecular complexity index is 252. The largest absolute Gasteiger partial charge is 0.354 e. The zero-order chi connectivity index (χ0) is 13.4. The summed E-state index contributed by atoms with van der Waals surface area (Å²) >= 11 is 0. The fourth-order valence-electron chi connectivity index (χ4n) is 1.39. The van der Waals surface area contributed by atoms with Crippen molar-refractivity contribution in [2.24, 2.45) is 23.5 Å². The minimum absolute atomic E-state index is 0.00140. The fraction of sp³-hybridized carbons (Fsp3) is 0.833. The van der Waals surface area contributed by atoms with Crippen molar-refractivity contribution < 1.29 is 9.59 Å². The van der Waals surface area contributed by atoms with E-state index in [-0.39, 0.29) is 29.6 Å². The summed E-state index contributed by atoms with van der Waals surface area (Å²) in [7, 11) is 0. The van der Waals surface area contributed by atoms with Crippen LogP contribution in [-0.2, 0) is 9.59 Å². The van der Waals surface area contributed by atoms with Crippen LogP contribution in [0.25, 0.3) is 0 Å².